The molecule has 0 unspecified atom stereocenters. The summed E-state index contributed by atoms with van der Waals surface area (Å²) in [6.07, 6.45) is 0. The molecule has 0 amide bonds. The summed E-state index contributed by atoms with van der Waals surface area (Å²) < 4.78 is 53.1. The molecule has 2 aromatic rings. The van der Waals surface area contributed by atoms with Crippen LogP contribution in [0.15, 0.2) is 45.8 Å². The Kier molecular flexibility index (Phi) is 3.96. The molecule has 3 N–H and O–H groups in total. The number of benzene rings is 2. The molecule has 0 spiro atoms. The third-order valence-corrected chi connectivity index (χ3v) is 4.80. The summed E-state index contributed by atoms with van der Waals surface area (Å²) in [5.74, 6) is -2.41. The van der Waals surface area contributed by atoms with Gasteiger partial charge in [-0.05, 0) is 46.3 Å². The molecular weight excluding hydrogens is 354 g/mol. The number of sulfonamides is 1. The molecular formula is C12H9BrF2N2O2S. The normalized spacial score (nSPS) is 11.3. The highest BCUT2D eigenvalue weighted by molar-refractivity contribution is 9.10. The summed E-state index contributed by atoms with van der Waals surface area (Å²) in [6, 6.07) is 7.38. The lowest BCUT2D eigenvalue weighted by atomic mass is 10.3. The van der Waals surface area contributed by atoms with Crippen molar-refractivity contribution in [2.24, 2.45) is 0 Å². The molecule has 0 radical (unpaired) electrons. The van der Waals surface area contributed by atoms with Crippen molar-refractivity contribution in [2.75, 3.05) is 10.5 Å². The maximum atomic E-state index is 13.5. The Bertz CT molecular complexity index is 766. The van der Waals surface area contributed by atoms with Gasteiger partial charge < -0.3 is 5.73 Å². The van der Waals surface area contributed by atoms with E-state index in [9.17, 15) is 17.2 Å². The van der Waals surface area contributed by atoms with E-state index < -0.39 is 27.3 Å². The van der Waals surface area contributed by atoms with Crippen LogP contribution < -0.4 is 10.5 Å². The summed E-state index contributed by atoms with van der Waals surface area (Å²) in [6.45, 7) is 0. The zero-order chi connectivity index (χ0) is 14.9. The van der Waals surface area contributed by atoms with E-state index in [0.29, 0.717) is 0 Å². The smallest absolute Gasteiger partial charge is 0.263 e. The summed E-state index contributed by atoms with van der Waals surface area (Å²) in [5, 5.41) is 0. The van der Waals surface area contributed by atoms with Crippen LogP contribution in [0.2, 0.25) is 0 Å². The van der Waals surface area contributed by atoms with Crippen LogP contribution in [0, 0.1) is 11.6 Å². The van der Waals surface area contributed by atoms with Crippen LogP contribution >= 0.6 is 15.9 Å². The van der Waals surface area contributed by atoms with Gasteiger partial charge in [0.1, 0.15) is 4.90 Å². The molecule has 20 heavy (non-hydrogen) atoms. The molecule has 0 atom stereocenters. The highest BCUT2D eigenvalue weighted by Crippen LogP contribution is 2.27. The number of nitrogens with two attached hydrogens (primary N) is 1. The molecule has 8 heteroatoms. The van der Waals surface area contributed by atoms with E-state index in [2.05, 4.69) is 15.9 Å². The van der Waals surface area contributed by atoms with Crippen molar-refractivity contribution in [2.45, 2.75) is 4.90 Å². The highest BCUT2D eigenvalue weighted by atomic mass is 79.9. The van der Waals surface area contributed by atoms with Gasteiger partial charge in [-0.3, -0.25) is 4.72 Å². The number of nitrogens with one attached hydrogen (secondary N) is 1. The quantitative estimate of drug-likeness (QED) is 0.824. The van der Waals surface area contributed by atoms with Gasteiger partial charge in [0.2, 0.25) is 0 Å². The standard InChI is InChI=1S/C12H9BrF2N2O2S/c13-8-5-4-7(16)6-11(8)20(18,19)17-10-3-1-2-9(14)12(10)15/h1-6,17H,16H2. The topological polar surface area (TPSA) is 72.2 Å². The summed E-state index contributed by atoms with van der Waals surface area (Å²) in [5.41, 5.74) is 5.28. The Morgan fingerprint density at radius 3 is 2.55 bits per heavy atom. The fourth-order valence-electron chi connectivity index (χ4n) is 1.51. The van der Waals surface area contributed by atoms with Crippen molar-refractivity contribution in [3.05, 3.63) is 52.5 Å². The maximum absolute atomic E-state index is 13.5. The fourth-order valence-corrected chi connectivity index (χ4v) is 3.57. The van der Waals surface area contributed by atoms with Gasteiger partial charge >= 0.3 is 0 Å². The Hall–Kier alpha value is -1.67. The van der Waals surface area contributed by atoms with Gasteiger partial charge in [-0.15, -0.1) is 0 Å². The van der Waals surface area contributed by atoms with Crippen molar-refractivity contribution in [1.29, 1.82) is 0 Å². The lowest BCUT2D eigenvalue weighted by Crippen LogP contribution is -2.15. The second-order valence-electron chi connectivity index (χ2n) is 3.90. The van der Waals surface area contributed by atoms with Gasteiger partial charge in [-0.25, -0.2) is 17.2 Å². The van der Waals surface area contributed by atoms with E-state index in [1.54, 1.807) is 0 Å². The van der Waals surface area contributed by atoms with Crippen molar-refractivity contribution in [3.8, 4) is 0 Å². The Labute approximate surface area is 122 Å². The molecule has 106 valence electrons. The van der Waals surface area contributed by atoms with E-state index in [1.165, 1.54) is 24.3 Å². The zero-order valence-electron chi connectivity index (χ0n) is 9.90. The van der Waals surface area contributed by atoms with Crippen molar-refractivity contribution in [1.82, 2.24) is 0 Å². The Balaban J connectivity index is 2.46. The highest BCUT2D eigenvalue weighted by Gasteiger charge is 2.20. The van der Waals surface area contributed by atoms with Crippen molar-refractivity contribution in [3.63, 3.8) is 0 Å². The predicted octanol–water partition coefficient (Wildman–Crippen LogP) is 3.11. The van der Waals surface area contributed by atoms with Crippen LogP contribution in [-0.2, 0) is 10.0 Å². The maximum Gasteiger partial charge on any atom is 0.263 e. The number of rotatable bonds is 3. The Morgan fingerprint density at radius 2 is 1.85 bits per heavy atom. The number of hydrogen-bond acceptors (Lipinski definition) is 3. The van der Waals surface area contributed by atoms with Gasteiger partial charge in [-0.2, -0.15) is 0 Å². The van der Waals surface area contributed by atoms with Crippen molar-refractivity contribution >= 4 is 37.3 Å². The predicted molar refractivity (Wildman–Crippen MR) is 75.7 cm³/mol. The molecule has 0 fully saturated rings. The first-order valence-electron chi connectivity index (χ1n) is 5.33. The minimum Gasteiger partial charge on any atom is -0.399 e. The first-order chi connectivity index (χ1) is 9.31. The molecule has 0 aliphatic heterocycles. The molecule has 4 nitrogen and oxygen atoms in total. The van der Waals surface area contributed by atoms with E-state index in [-0.39, 0.29) is 15.1 Å². The van der Waals surface area contributed by atoms with Crippen LogP contribution in [-0.4, -0.2) is 8.42 Å². The molecule has 0 saturated heterocycles. The van der Waals surface area contributed by atoms with Gasteiger partial charge in [-0.1, -0.05) is 6.07 Å². The summed E-state index contributed by atoms with van der Waals surface area (Å²) in [7, 11) is -4.09. The lowest BCUT2D eigenvalue weighted by molar-refractivity contribution is 0.511. The fraction of sp³-hybridized carbons (Fsp3) is 0. The average molecular weight is 363 g/mol. The van der Waals surface area contributed by atoms with E-state index in [0.717, 1.165) is 12.1 Å². The molecule has 0 aliphatic carbocycles. The number of nitrogen functional groups attached to an aromatic ring is 1. The van der Waals surface area contributed by atoms with Crippen LogP contribution in [0.1, 0.15) is 0 Å². The molecule has 0 aromatic heterocycles. The van der Waals surface area contributed by atoms with Crippen LogP contribution in [0.25, 0.3) is 0 Å². The Morgan fingerprint density at radius 1 is 1.15 bits per heavy atom. The minimum absolute atomic E-state index is 0.166. The van der Waals surface area contributed by atoms with E-state index in [1.807, 2.05) is 4.72 Å². The second-order valence-corrected chi connectivity index (χ2v) is 6.40. The lowest BCUT2D eigenvalue weighted by Gasteiger charge is -2.11. The first kappa shape index (κ1) is 14.7. The van der Waals surface area contributed by atoms with Crippen molar-refractivity contribution < 1.29 is 17.2 Å². The van der Waals surface area contributed by atoms with Gasteiger partial charge in [0, 0.05) is 10.2 Å². The SMILES string of the molecule is Nc1ccc(Br)c(S(=O)(=O)Nc2cccc(F)c2F)c1. The molecule has 0 heterocycles. The van der Waals surface area contributed by atoms with Gasteiger partial charge in [0.15, 0.2) is 11.6 Å². The van der Waals surface area contributed by atoms with Crippen LogP contribution in [0.4, 0.5) is 20.2 Å². The number of anilines is 2. The summed E-state index contributed by atoms with van der Waals surface area (Å²) in [4.78, 5) is -0.166. The molecule has 0 aliphatic rings. The zero-order valence-corrected chi connectivity index (χ0v) is 12.3. The summed E-state index contributed by atoms with van der Waals surface area (Å²) >= 11 is 3.07. The molecule has 0 bridgehead atoms. The van der Waals surface area contributed by atoms with E-state index >= 15 is 0 Å². The van der Waals surface area contributed by atoms with Crippen LogP contribution in [0.3, 0.4) is 0 Å². The first-order valence-corrected chi connectivity index (χ1v) is 7.61. The minimum atomic E-state index is -4.09. The van der Waals surface area contributed by atoms with Gasteiger partial charge in [0.25, 0.3) is 10.0 Å². The number of halogens is 3. The average Bonchev–Trinajstić information content (AvgIpc) is 2.37. The third-order valence-electron chi connectivity index (χ3n) is 2.44. The molecule has 0 saturated carbocycles. The van der Waals surface area contributed by atoms with E-state index in [4.69, 9.17) is 5.73 Å². The largest absolute Gasteiger partial charge is 0.399 e. The third kappa shape index (κ3) is 2.91. The molecule has 2 rings (SSSR count). The monoisotopic (exact) mass is 362 g/mol. The molecule has 2 aromatic carbocycles. The van der Waals surface area contributed by atoms with Gasteiger partial charge in [0.05, 0.1) is 5.69 Å². The number of hydrogen-bond donors (Lipinski definition) is 2. The van der Waals surface area contributed by atoms with Crippen LogP contribution in [0.5, 0.6) is 0 Å². The second kappa shape index (κ2) is 5.37.